The van der Waals surface area contributed by atoms with E-state index in [1.54, 1.807) is 0 Å². The maximum atomic E-state index is 5.71. The van der Waals surface area contributed by atoms with Crippen molar-refractivity contribution >= 4 is 5.69 Å². The van der Waals surface area contributed by atoms with Gasteiger partial charge in [-0.1, -0.05) is 0 Å². The summed E-state index contributed by atoms with van der Waals surface area (Å²) in [4.78, 5) is 0. The fraction of sp³-hybridized carbons (Fsp3) is 0.500. The van der Waals surface area contributed by atoms with Gasteiger partial charge in [-0.25, -0.2) is 0 Å². The van der Waals surface area contributed by atoms with Crippen LogP contribution in [0.1, 0.15) is 20.8 Å². The fourth-order valence-corrected chi connectivity index (χ4v) is 1.21. The molecule has 3 N–H and O–H groups in total. The summed E-state index contributed by atoms with van der Waals surface area (Å²) >= 11 is 0. The summed E-state index contributed by atoms with van der Waals surface area (Å²) < 4.78 is 5.71. The smallest absolute Gasteiger partial charge is 0.120 e. The largest absolute Gasteiger partial charge is 0.488 e. The van der Waals surface area contributed by atoms with Crippen LogP contribution in [0.2, 0.25) is 0 Å². The molecule has 15 heavy (non-hydrogen) atoms. The van der Waals surface area contributed by atoms with Crippen LogP contribution in [0, 0.1) is 0 Å². The first-order valence-corrected chi connectivity index (χ1v) is 5.24. The quantitative estimate of drug-likeness (QED) is 0.797. The van der Waals surface area contributed by atoms with Crippen LogP contribution in [0.15, 0.2) is 24.3 Å². The van der Waals surface area contributed by atoms with Crippen molar-refractivity contribution in [2.75, 3.05) is 18.4 Å². The van der Waals surface area contributed by atoms with Crippen molar-refractivity contribution in [3.8, 4) is 5.75 Å². The van der Waals surface area contributed by atoms with Crippen LogP contribution in [0.25, 0.3) is 0 Å². The van der Waals surface area contributed by atoms with Gasteiger partial charge in [0.25, 0.3) is 0 Å². The molecule has 84 valence electrons. The van der Waals surface area contributed by atoms with Gasteiger partial charge >= 0.3 is 0 Å². The lowest BCUT2D eigenvalue weighted by atomic mass is 10.2. The second kappa shape index (κ2) is 5.03. The first-order valence-electron chi connectivity index (χ1n) is 5.24. The first-order chi connectivity index (χ1) is 7.01. The monoisotopic (exact) mass is 208 g/mol. The number of hydrogen-bond donors (Lipinski definition) is 2. The van der Waals surface area contributed by atoms with E-state index >= 15 is 0 Å². The standard InChI is InChI=1S/C12H20N2O/c1-12(2,3)15-11-6-4-10(5-7-11)14-9-8-13/h4-7,14H,8-9,13H2,1-3H3. The molecule has 0 radical (unpaired) electrons. The molecule has 0 aromatic heterocycles. The first kappa shape index (κ1) is 11.9. The number of nitrogens with two attached hydrogens (primary N) is 1. The lowest BCUT2D eigenvalue weighted by Gasteiger charge is -2.21. The Balaban J connectivity index is 2.56. The lowest BCUT2D eigenvalue weighted by molar-refractivity contribution is 0.131. The summed E-state index contributed by atoms with van der Waals surface area (Å²) in [5.74, 6) is 0.890. The Morgan fingerprint density at radius 3 is 2.27 bits per heavy atom. The van der Waals surface area contributed by atoms with Gasteiger partial charge in [0.15, 0.2) is 0 Å². The van der Waals surface area contributed by atoms with E-state index in [4.69, 9.17) is 10.5 Å². The second-order valence-corrected chi connectivity index (χ2v) is 4.45. The molecule has 0 bridgehead atoms. The highest BCUT2D eigenvalue weighted by Crippen LogP contribution is 2.20. The van der Waals surface area contributed by atoms with Crippen molar-refractivity contribution in [2.45, 2.75) is 26.4 Å². The Morgan fingerprint density at radius 2 is 1.80 bits per heavy atom. The minimum Gasteiger partial charge on any atom is -0.488 e. The third kappa shape index (κ3) is 4.70. The summed E-state index contributed by atoms with van der Waals surface area (Å²) in [6.45, 7) is 7.54. The van der Waals surface area contributed by atoms with E-state index in [1.807, 2.05) is 45.0 Å². The molecule has 0 fully saturated rings. The lowest BCUT2D eigenvalue weighted by Crippen LogP contribution is -2.22. The molecule has 1 aromatic rings. The average Bonchev–Trinajstić information content (AvgIpc) is 2.14. The highest BCUT2D eigenvalue weighted by Gasteiger charge is 2.10. The second-order valence-electron chi connectivity index (χ2n) is 4.45. The third-order valence-electron chi connectivity index (χ3n) is 1.75. The normalized spacial score (nSPS) is 11.2. The minimum atomic E-state index is -0.147. The predicted molar refractivity (Wildman–Crippen MR) is 64.4 cm³/mol. The maximum Gasteiger partial charge on any atom is 0.120 e. The Hall–Kier alpha value is -1.22. The fourth-order valence-electron chi connectivity index (χ4n) is 1.21. The van der Waals surface area contributed by atoms with Gasteiger partial charge < -0.3 is 15.8 Å². The van der Waals surface area contributed by atoms with E-state index in [0.717, 1.165) is 18.0 Å². The molecule has 0 amide bonds. The van der Waals surface area contributed by atoms with E-state index in [1.165, 1.54) is 0 Å². The summed E-state index contributed by atoms with van der Waals surface area (Å²) in [5.41, 5.74) is 6.33. The zero-order valence-electron chi connectivity index (χ0n) is 9.71. The maximum absolute atomic E-state index is 5.71. The van der Waals surface area contributed by atoms with Gasteiger partial charge in [-0.2, -0.15) is 0 Å². The predicted octanol–water partition coefficient (Wildman–Crippen LogP) is 2.23. The SMILES string of the molecule is CC(C)(C)Oc1ccc(NCCN)cc1. The summed E-state index contributed by atoms with van der Waals surface area (Å²) in [5, 5.41) is 3.20. The van der Waals surface area contributed by atoms with Crippen molar-refractivity contribution in [3.63, 3.8) is 0 Å². The van der Waals surface area contributed by atoms with E-state index in [2.05, 4.69) is 5.32 Å². The molecule has 0 aliphatic carbocycles. The van der Waals surface area contributed by atoms with Crippen LogP contribution < -0.4 is 15.8 Å². The molecule has 0 unspecified atom stereocenters. The van der Waals surface area contributed by atoms with Gasteiger partial charge in [-0.15, -0.1) is 0 Å². The van der Waals surface area contributed by atoms with Crippen LogP contribution in [0.3, 0.4) is 0 Å². The van der Waals surface area contributed by atoms with Crippen molar-refractivity contribution in [1.82, 2.24) is 0 Å². The number of benzene rings is 1. The van der Waals surface area contributed by atoms with Crippen molar-refractivity contribution < 1.29 is 4.74 Å². The summed E-state index contributed by atoms with van der Waals surface area (Å²) in [7, 11) is 0. The third-order valence-corrected chi connectivity index (χ3v) is 1.75. The summed E-state index contributed by atoms with van der Waals surface area (Å²) in [6, 6.07) is 7.92. The topological polar surface area (TPSA) is 47.3 Å². The average molecular weight is 208 g/mol. The Morgan fingerprint density at radius 1 is 1.20 bits per heavy atom. The van der Waals surface area contributed by atoms with E-state index in [9.17, 15) is 0 Å². The highest BCUT2D eigenvalue weighted by molar-refractivity contribution is 5.46. The molecular weight excluding hydrogens is 188 g/mol. The van der Waals surface area contributed by atoms with Crippen LogP contribution in [-0.2, 0) is 0 Å². The van der Waals surface area contributed by atoms with Crippen molar-refractivity contribution in [2.24, 2.45) is 5.73 Å². The van der Waals surface area contributed by atoms with Crippen LogP contribution in [-0.4, -0.2) is 18.7 Å². The molecule has 0 aliphatic heterocycles. The molecule has 3 nitrogen and oxygen atoms in total. The van der Waals surface area contributed by atoms with Crippen molar-refractivity contribution in [1.29, 1.82) is 0 Å². The zero-order valence-corrected chi connectivity index (χ0v) is 9.71. The van der Waals surface area contributed by atoms with Crippen LogP contribution in [0.5, 0.6) is 5.75 Å². The van der Waals surface area contributed by atoms with Crippen molar-refractivity contribution in [3.05, 3.63) is 24.3 Å². The van der Waals surface area contributed by atoms with E-state index < -0.39 is 0 Å². The molecule has 0 saturated heterocycles. The number of rotatable bonds is 4. The Kier molecular flexibility index (Phi) is 3.97. The van der Waals surface area contributed by atoms with Crippen LogP contribution in [0.4, 0.5) is 5.69 Å². The van der Waals surface area contributed by atoms with E-state index in [0.29, 0.717) is 6.54 Å². The van der Waals surface area contributed by atoms with Gasteiger partial charge in [0.2, 0.25) is 0 Å². The molecule has 0 aliphatic rings. The molecule has 1 aromatic carbocycles. The number of nitrogens with one attached hydrogen (secondary N) is 1. The summed E-state index contributed by atoms with van der Waals surface area (Å²) in [6.07, 6.45) is 0. The van der Waals surface area contributed by atoms with E-state index in [-0.39, 0.29) is 5.60 Å². The Labute approximate surface area is 91.6 Å². The molecule has 1 rings (SSSR count). The minimum absolute atomic E-state index is 0.147. The van der Waals surface area contributed by atoms with Gasteiger partial charge in [-0.3, -0.25) is 0 Å². The number of ether oxygens (including phenoxy) is 1. The van der Waals surface area contributed by atoms with Gasteiger partial charge in [-0.05, 0) is 45.0 Å². The molecule has 0 spiro atoms. The zero-order chi connectivity index (χ0) is 11.3. The highest BCUT2D eigenvalue weighted by atomic mass is 16.5. The molecule has 3 heteroatoms. The van der Waals surface area contributed by atoms with Gasteiger partial charge in [0, 0.05) is 18.8 Å². The number of anilines is 1. The molecule has 0 heterocycles. The Bertz CT molecular complexity index is 287. The number of hydrogen-bond acceptors (Lipinski definition) is 3. The molecule has 0 saturated carbocycles. The van der Waals surface area contributed by atoms with Gasteiger partial charge in [0.1, 0.15) is 11.4 Å². The van der Waals surface area contributed by atoms with Gasteiger partial charge in [0.05, 0.1) is 0 Å². The van der Waals surface area contributed by atoms with Crippen LogP contribution >= 0.6 is 0 Å². The molecule has 0 atom stereocenters. The molecular formula is C12H20N2O.